The van der Waals surface area contributed by atoms with E-state index >= 15 is 4.39 Å². The van der Waals surface area contributed by atoms with E-state index in [9.17, 15) is 37.5 Å². The topological polar surface area (TPSA) is 167 Å². The third-order valence-electron chi connectivity index (χ3n) is 6.59. The summed E-state index contributed by atoms with van der Waals surface area (Å²) >= 11 is 0. The molecule has 3 aromatic rings. The molecule has 1 aromatic heterocycles. The maximum absolute atomic E-state index is 15.6. The number of rotatable bonds is 5. The molecule has 1 unspecified atom stereocenters. The number of carboxylic acid groups (broad SMARTS) is 2. The van der Waals surface area contributed by atoms with E-state index in [0.29, 0.717) is 36.5 Å². The van der Waals surface area contributed by atoms with Gasteiger partial charge in [-0.05, 0) is 30.2 Å². The molecule has 228 valence electrons. The second-order valence-electron chi connectivity index (χ2n) is 9.73. The number of halogens is 4. The summed E-state index contributed by atoms with van der Waals surface area (Å²) in [6.45, 7) is 3.83. The summed E-state index contributed by atoms with van der Waals surface area (Å²) in [6.07, 6.45) is -3.27. The Kier molecular flexibility index (Phi) is 8.32. The number of hydrogen-bond donors (Lipinski definition) is 4. The fourth-order valence-electron chi connectivity index (χ4n) is 4.80. The first kappa shape index (κ1) is 30.8. The second kappa shape index (κ2) is 11.6. The molecule has 43 heavy (non-hydrogen) atoms. The number of anilines is 1. The molecule has 16 heteroatoms. The van der Waals surface area contributed by atoms with Crippen molar-refractivity contribution in [3.8, 4) is 17.2 Å². The second-order valence-corrected chi connectivity index (χ2v) is 9.73. The molecule has 0 bridgehead atoms. The fraction of sp³-hybridized carbons (Fsp3) is 0.296. The number of pyridine rings is 1. The van der Waals surface area contributed by atoms with Crippen molar-refractivity contribution in [3.05, 3.63) is 57.6 Å². The highest BCUT2D eigenvalue weighted by molar-refractivity contribution is 5.99. The van der Waals surface area contributed by atoms with Crippen LogP contribution in [0.4, 0.5) is 23.2 Å². The minimum absolute atomic E-state index is 0.0895. The summed E-state index contributed by atoms with van der Waals surface area (Å²) in [5.41, 5.74) is 0.260. The monoisotopic (exact) mass is 608 g/mol. The van der Waals surface area contributed by atoms with Crippen LogP contribution in [0.25, 0.3) is 16.6 Å². The van der Waals surface area contributed by atoms with Crippen LogP contribution in [0.2, 0.25) is 0 Å². The van der Waals surface area contributed by atoms with Crippen molar-refractivity contribution in [3.63, 3.8) is 0 Å². The van der Waals surface area contributed by atoms with Crippen LogP contribution in [0.15, 0.2) is 35.3 Å². The van der Waals surface area contributed by atoms with Crippen molar-refractivity contribution in [2.75, 3.05) is 18.0 Å². The van der Waals surface area contributed by atoms with E-state index in [4.69, 9.17) is 14.6 Å². The zero-order valence-corrected chi connectivity index (χ0v) is 22.5. The molecule has 0 saturated carbocycles. The van der Waals surface area contributed by atoms with Crippen molar-refractivity contribution in [1.29, 1.82) is 0 Å². The maximum Gasteiger partial charge on any atom is 0.490 e. The molecule has 2 aliphatic rings. The molecular formula is C27H24F4N4O8. The number of aromatic nitrogens is 1. The standard InChI is InChI=1S/C25H23FN4O6.C2HF3O2/c1-12(31)27-9-14-3-4-19-20(7-14)36-24-21-16(23(33)17(25(34)35)11-30(19)21)8-18(26)22(24)29-6-5-15(10-29)28-13(2)32;3-2(4,5)1(6)7/h3-4,7-8,11,15H,5-6,9-10H2,1-2H3,(H,27,31)(H,28,32)(H,34,35);(H,6,7). The number of ether oxygens (including phenoxy) is 1. The van der Waals surface area contributed by atoms with Crippen LogP contribution in [-0.4, -0.2) is 63.8 Å². The van der Waals surface area contributed by atoms with E-state index in [1.165, 1.54) is 24.6 Å². The molecule has 1 saturated heterocycles. The van der Waals surface area contributed by atoms with Crippen LogP contribution < -0.4 is 25.7 Å². The molecule has 1 atom stereocenters. The fourth-order valence-corrected chi connectivity index (χ4v) is 4.80. The average Bonchev–Trinajstić information content (AvgIpc) is 3.35. The first-order chi connectivity index (χ1) is 20.1. The maximum atomic E-state index is 15.6. The zero-order chi connectivity index (χ0) is 31.8. The molecule has 2 aromatic carbocycles. The lowest BCUT2D eigenvalue weighted by molar-refractivity contribution is -0.192. The van der Waals surface area contributed by atoms with Crippen LogP contribution in [0, 0.1) is 5.82 Å². The number of nitrogens with one attached hydrogen (secondary N) is 2. The van der Waals surface area contributed by atoms with Gasteiger partial charge in [0.25, 0.3) is 0 Å². The van der Waals surface area contributed by atoms with Crippen molar-refractivity contribution in [1.82, 2.24) is 15.2 Å². The molecule has 0 spiro atoms. The minimum atomic E-state index is -5.08. The lowest BCUT2D eigenvalue weighted by Gasteiger charge is -2.29. The van der Waals surface area contributed by atoms with E-state index < -0.39 is 34.9 Å². The van der Waals surface area contributed by atoms with Gasteiger partial charge in [-0.1, -0.05) is 6.07 Å². The van der Waals surface area contributed by atoms with Gasteiger partial charge >= 0.3 is 18.1 Å². The Morgan fingerprint density at radius 1 is 1.09 bits per heavy atom. The van der Waals surface area contributed by atoms with Gasteiger partial charge in [0, 0.05) is 45.7 Å². The normalized spacial score (nSPS) is 15.1. The Hall–Kier alpha value is -5.15. The van der Waals surface area contributed by atoms with Gasteiger partial charge in [-0.25, -0.2) is 14.0 Å². The van der Waals surface area contributed by atoms with Gasteiger partial charge in [-0.15, -0.1) is 0 Å². The van der Waals surface area contributed by atoms with Gasteiger partial charge in [-0.2, -0.15) is 13.2 Å². The van der Waals surface area contributed by atoms with E-state index in [0.717, 1.165) is 6.07 Å². The average molecular weight is 609 g/mol. The summed E-state index contributed by atoms with van der Waals surface area (Å²) in [6, 6.07) is 5.98. The summed E-state index contributed by atoms with van der Waals surface area (Å²) in [4.78, 5) is 58.3. The molecular weight excluding hydrogens is 584 g/mol. The van der Waals surface area contributed by atoms with Crippen LogP contribution in [0.3, 0.4) is 0 Å². The number of hydrogen-bond acceptors (Lipinski definition) is 7. The van der Waals surface area contributed by atoms with Gasteiger partial charge in [0.2, 0.25) is 17.2 Å². The van der Waals surface area contributed by atoms with Gasteiger partial charge in [0.05, 0.1) is 11.1 Å². The van der Waals surface area contributed by atoms with Crippen LogP contribution in [0.1, 0.15) is 36.2 Å². The number of nitrogens with zero attached hydrogens (tertiary/aromatic N) is 2. The molecule has 4 N–H and O–H groups in total. The molecule has 3 heterocycles. The van der Waals surface area contributed by atoms with Gasteiger partial charge < -0.3 is 35.1 Å². The van der Waals surface area contributed by atoms with Gasteiger partial charge in [0.1, 0.15) is 16.8 Å². The Morgan fingerprint density at radius 3 is 2.35 bits per heavy atom. The lowest BCUT2D eigenvalue weighted by atomic mass is 10.0. The highest BCUT2D eigenvalue weighted by Crippen LogP contribution is 2.47. The number of benzene rings is 2. The highest BCUT2D eigenvalue weighted by Gasteiger charge is 2.38. The summed E-state index contributed by atoms with van der Waals surface area (Å²) in [5, 5.41) is 22.2. The number of carbonyl (C=O) groups is 4. The van der Waals surface area contributed by atoms with E-state index in [2.05, 4.69) is 10.6 Å². The molecule has 2 amide bonds. The quantitative estimate of drug-likeness (QED) is 0.249. The summed E-state index contributed by atoms with van der Waals surface area (Å²) < 4.78 is 55.1. The highest BCUT2D eigenvalue weighted by atomic mass is 19.4. The first-order valence-corrected chi connectivity index (χ1v) is 12.6. The van der Waals surface area contributed by atoms with Crippen molar-refractivity contribution >= 4 is 40.3 Å². The van der Waals surface area contributed by atoms with Crippen molar-refractivity contribution in [2.24, 2.45) is 0 Å². The van der Waals surface area contributed by atoms with Crippen LogP contribution >= 0.6 is 0 Å². The number of carboxylic acids is 2. The predicted molar refractivity (Wildman–Crippen MR) is 142 cm³/mol. The number of aromatic carboxylic acids is 1. The van der Waals surface area contributed by atoms with Gasteiger partial charge in [-0.3, -0.25) is 14.4 Å². The minimum Gasteiger partial charge on any atom is -0.477 e. The molecule has 5 rings (SSSR count). The molecule has 0 radical (unpaired) electrons. The van der Waals surface area contributed by atoms with E-state index in [-0.39, 0.29) is 46.7 Å². The van der Waals surface area contributed by atoms with E-state index in [1.54, 1.807) is 23.1 Å². The SMILES string of the molecule is CC(=O)NCc1ccc2c(c1)Oc1c(N3CCC(NC(C)=O)C3)c(F)cc3c(=O)c(C(=O)O)cn-2c13.O=C(O)C(F)(F)F. The van der Waals surface area contributed by atoms with Gasteiger partial charge in [0.15, 0.2) is 17.3 Å². The largest absolute Gasteiger partial charge is 0.490 e. The van der Waals surface area contributed by atoms with Crippen molar-refractivity contribution in [2.45, 2.75) is 39.0 Å². The summed E-state index contributed by atoms with van der Waals surface area (Å²) in [7, 11) is 0. The third-order valence-corrected chi connectivity index (χ3v) is 6.59. The summed E-state index contributed by atoms with van der Waals surface area (Å²) in [5.74, 6) is -4.90. The molecule has 0 aliphatic carbocycles. The zero-order valence-electron chi connectivity index (χ0n) is 22.5. The van der Waals surface area contributed by atoms with E-state index in [1.807, 2.05) is 0 Å². The number of fused-ring (bicyclic) bond motifs is 2. The Morgan fingerprint density at radius 2 is 1.77 bits per heavy atom. The van der Waals surface area contributed by atoms with Crippen LogP contribution in [0.5, 0.6) is 11.5 Å². The number of aliphatic carboxylic acids is 1. The third kappa shape index (κ3) is 6.37. The molecule has 12 nitrogen and oxygen atoms in total. The first-order valence-electron chi connectivity index (χ1n) is 12.6. The molecule has 1 fully saturated rings. The van der Waals surface area contributed by atoms with Crippen LogP contribution in [-0.2, 0) is 20.9 Å². The number of amides is 2. The van der Waals surface area contributed by atoms with Crippen molar-refractivity contribution < 1.29 is 51.7 Å². The Bertz CT molecular complexity index is 1720. The number of alkyl halides is 3. The lowest BCUT2D eigenvalue weighted by Crippen LogP contribution is -2.35. The predicted octanol–water partition coefficient (Wildman–Crippen LogP) is 2.92. The smallest absolute Gasteiger partial charge is 0.477 e. The molecule has 2 aliphatic heterocycles. The Balaban J connectivity index is 0.000000541. The number of carbonyl (C=O) groups excluding carboxylic acids is 2. The Labute approximate surface area is 239 Å².